The van der Waals surface area contributed by atoms with Gasteiger partial charge >= 0.3 is 0 Å². The van der Waals surface area contributed by atoms with Gasteiger partial charge in [0.15, 0.2) is 0 Å². The minimum absolute atomic E-state index is 0.299. The number of amides is 1. The molecule has 1 heterocycles. The standard InChI is InChI=1S/C15H30N2O2/c1-4-13-12-17(10-9-14(13)16-5-2)15(18)8-7-11-19-6-3/h13-14,16H,4-12H2,1-3H3. The molecule has 2 unspecified atom stereocenters. The van der Waals surface area contributed by atoms with Crippen LogP contribution in [0.1, 0.15) is 46.5 Å². The van der Waals surface area contributed by atoms with Crippen molar-refractivity contribution in [2.75, 3.05) is 32.8 Å². The Labute approximate surface area is 117 Å². The van der Waals surface area contributed by atoms with Crippen molar-refractivity contribution < 1.29 is 9.53 Å². The molecule has 0 aromatic heterocycles. The fourth-order valence-corrected chi connectivity index (χ4v) is 2.83. The Balaban J connectivity index is 2.33. The zero-order chi connectivity index (χ0) is 14.1. The molecular weight excluding hydrogens is 240 g/mol. The largest absolute Gasteiger partial charge is 0.382 e. The van der Waals surface area contributed by atoms with Gasteiger partial charge in [-0.15, -0.1) is 0 Å². The first-order valence-corrected chi connectivity index (χ1v) is 7.81. The zero-order valence-electron chi connectivity index (χ0n) is 12.8. The monoisotopic (exact) mass is 270 g/mol. The van der Waals surface area contributed by atoms with E-state index in [0.717, 1.165) is 45.5 Å². The smallest absolute Gasteiger partial charge is 0.222 e. The highest BCUT2D eigenvalue weighted by atomic mass is 16.5. The molecule has 0 radical (unpaired) electrons. The number of hydrogen-bond donors (Lipinski definition) is 1. The Morgan fingerprint density at radius 3 is 2.79 bits per heavy atom. The van der Waals surface area contributed by atoms with Gasteiger partial charge in [0.2, 0.25) is 5.91 Å². The van der Waals surface area contributed by atoms with Crippen molar-refractivity contribution in [1.82, 2.24) is 10.2 Å². The first-order valence-electron chi connectivity index (χ1n) is 7.81. The van der Waals surface area contributed by atoms with Crippen LogP contribution in [0.5, 0.6) is 0 Å². The number of likely N-dealkylation sites (tertiary alicyclic amines) is 1. The Hall–Kier alpha value is -0.610. The summed E-state index contributed by atoms with van der Waals surface area (Å²) >= 11 is 0. The lowest BCUT2D eigenvalue weighted by atomic mass is 9.89. The van der Waals surface area contributed by atoms with E-state index < -0.39 is 0 Å². The molecule has 1 N–H and O–H groups in total. The highest BCUT2D eigenvalue weighted by Crippen LogP contribution is 2.21. The second-order valence-electron chi connectivity index (χ2n) is 5.26. The van der Waals surface area contributed by atoms with Crippen LogP contribution in [0.2, 0.25) is 0 Å². The molecule has 19 heavy (non-hydrogen) atoms. The predicted molar refractivity (Wildman–Crippen MR) is 78.2 cm³/mol. The van der Waals surface area contributed by atoms with Gasteiger partial charge in [-0.3, -0.25) is 4.79 Å². The van der Waals surface area contributed by atoms with Crippen LogP contribution in [-0.4, -0.2) is 49.7 Å². The summed E-state index contributed by atoms with van der Waals surface area (Å²) in [5.74, 6) is 0.901. The van der Waals surface area contributed by atoms with E-state index in [4.69, 9.17) is 4.74 Å². The number of piperidine rings is 1. The maximum Gasteiger partial charge on any atom is 0.222 e. The van der Waals surface area contributed by atoms with Crippen molar-refractivity contribution in [3.05, 3.63) is 0 Å². The van der Waals surface area contributed by atoms with Crippen molar-refractivity contribution >= 4 is 5.91 Å². The van der Waals surface area contributed by atoms with E-state index in [2.05, 4.69) is 19.2 Å². The molecule has 1 fully saturated rings. The fraction of sp³-hybridized carbons (Fsp3) is 0.933. The second-order valence-corrected chi connectivity index (χ2v) is 5.26. The van der Waals surface area contributed by atoms with Crippen LogP contribution >= 0.6 is 0 Å². The number of carbonyl (C=O) groups excluding carboxylic acids is 1. The molecule has 4 heteroatoms. The summed E-state index contributed by atoms with van der Waals surface area (Å²) in [6.45, 7) is 10.6. The van der Waals surface area contributed by atoms with Gasteiger partial charge in [-0.25, -0.2) is 0 Å². The molecule has 0 saturated carbocycles. The topological polar surface area (TPSA) is 41.6 Å². The number of nitrogens with one attached hydrogen (secondary N) is 1. The molecule has 0 spiro atoms. The summed E-state index contributed by atoms with van der Waals surface area (Å²) in [6, 6.07) is 0.586. The Kier molecular flexibility index (Phi) is 8.07. The minimum atomic E-state index is 0.299. The normalized spacial score (nSPS) is 23.6. The molecule has 0 aromatic carbocycles. The van der Waals surface area contributed by atoms with Crippen molar-refractivity contribution in [2.45, 2.75) is 52.5 Å². The maximum absolute atomic E-state index is 12.1. The van der Waals surface area contributed by atoms with E-state index in [-0.39, 0.29) is 0 Å². The summed E-state index contributed by atoms with van der Waals surface area (Å²) in [5.41, 5.74) is 0. The highest BCUT2D eigenvalue weighted by molar-refractivity contribution is 5.76. The third-order valence-corrected chi connectivity index (χ3v) is 3.96. The van der Waals surface area contributed by atoms with E-state index in [9.17, 15) is 4.79 Å². The summed E-state index contributed by atoms with van der Waals surface area (Å²) in [5, 5.41) is 3.55. The van der Waals surface area contributed by atoms with Gasteiger partial charge in [-0.05, 0) is 32.2 Å². The zero-order valence-corrected chi connectivity index (χ0v) is 12.8. The Morgan fingerprint density at radius 1 is 1.37 bits per heavy atom. The van der Waals surface area contributed by atoms with Crippen LogP contribution in [0.15, 0.2) is 0 Å². The Morgan fingerprint density at radius 2 is 2.16 bits per heavy atom. The SMILES string of the molecule is CCNC1CCN(C(=O)CCCOCC)CC1CC. The van der Waals surface area contributed by atoms with Crippen molar-refractivity contribution in [2.24, 2.45) is 5.92 Å². The molecule has 2 atom stereocenters. The van der Waals surface area contributed by atoms with Crippen LogP contribution in [0, 0.1) is 5.92 Å². The van der Waals surface area contributed by atoms with Gasteiger partial charge in [0.1, 0.15) is 0 Å². The highest BCUT2D eigenvalue weighted by Gasteiger charge is 2.29. The van der Waals surface area contributed by atoms with Gasteiger partial charge < -0.3 is 15.0 Å². The summed E-state index contributed by atoms with van der Waals surface area (Å²) in [4.78, 5) is 14.2. The number of rotatable bonds is 8. The third-order valence-electron chi connectivity index (χ3n) is 3.96. The summed E-state index contributed by atoms with van der Waals surface area (Å²) in [7, 11) is 0. The molecule has 1 saturated heterocycles. The van der Waals surface area contributed by atoms with Gasteiger partial charge in [-0.1, -0.05) is 20.3 Å². The first kappa shape index (κ1) is 16.4. The average molecular weight is 270 g/mol. The molecule has 0 bridgehead atoms. The van der Waals surface area contributed by atoms with E-state index in [1.165, 1.54) is 0 Å². The maximum atomic E-state index is 12.1. The lowest BCUT2D eigenvalue weighted by Gasteiger charge is -2.38. The molecule has 0 aromatic rings. The predicted octanol–water partition coefficient (Wildman–Crippen LogP) is 2.04. The van der Waals surface area contributed by atoms with E-state index in [1.54, 1.807) is 0 Å². The summed E-state index contributed by atoms with van der Waals surface area (Å²) in [6.07, 6.45) is 3.70. The molecular formula is C15H30N2O2. The quantitative estimate of drug-likeness (QED) is 0.686. The van der Waals surface area contributed by atoms with Gasteiger partial charge in [-0.2, -0.15) is 0 Å². The third kappa shape index (κ3) is 5.49. The number of hydrogen-bond acceptors (Lipinski definition) is 3. The second kappa shape index (κ2) is 9.32. The van der Waals surface area contributed by atoms with Crippen LogP contribution in [-0.2, 0) is 9.53 Å². The van der Waals surface area contributed by atoms with Crippen LogP contribution in [0.3, 0.4) is 0 Å². The summed E-state index contributed by atoms with van der Waals surface area (Å²) < 4.78 is 5.28. The van der Waals surface area contributed by atoms with Crippen LogP contribution in [0.4, 0.5) is 0 Å². The van der Waals surface area contributed by atoms with Crippen molar-refractivity contribution in [3.8, 4) is 0 Å². The molecule has 0 aliphatic carbocycles. The number of nitrogens with zero attached hydrogens (tertiary/aromatic N) is 1. The van der Waals surface area contributed by atoms with E-state index >= 15 is 0 Å². The lowest BCUT2D eigenvalue weighted by molar-refractivity contribution is -0.133. The average Bonchev–Trinajstić information content (AvgIpc) is 2.44. The number of carbonyl (C=O) groups is 1. The molecule has 1 amide bonds. The van der Waals surface area contributed by atoms with Gasteiger partial charge in [0.25, 0.3) is 0 Å². The van der Waals surface area contributed by atoms with Crippen LogP contribution < -0.4 is 5.32 Å². The van der Waals surface area contributed by atoms with Crippen molar-refractivity contribution in [3.63, 3.8) is 0 Å². The molecule has 1 aliphatic rings. The van der Waals surface area contributed by atoms with Gasteiger partial charge in [0, 0.05) is 38.8 Å². The van der Waals surface area contributed by atoms with E-state index in [1.807, 2.05) is 11.8 Å². The van der Waals surface area contributed by atoms with Crippen molar-refractivity contribution in [1.29, 1.82) is 0 Å². The Bertz CT molecular complexity index is 259. The number of ether oxygens (including phenoxy) is 1. The van der Waals surface area contributed by atoms with E-state index in [0.29, 0.717) is 30.9 Å². The molecule has 112 valence electrons. The minimum Gasteiger partial charge on any atom is -0.382 e. The van der Waals surface area contributed by atoms with Crippen LogP contribution in [0.25, 0.3) is 0 Å². The van der Waals surface area contributed by atoms with Gasteiger partial charge in [0.05, 0.1) is 0 Å². The fourth-order valence-electron chi connectivity index (χ4n) is 2.83. The molecule has 4 nitrogen and oxygen atoms in total. The molecule has 1 aliphatic heterocycles. The lowest BCUT2D eigenvalue weighted by Crippen LogP contribution is -2.50. The molecule has 1 rings (SSSR count). The first-order chi connectivity index (χ1) is 9.22.